The van der Waals surface area contributed by atoms with E-state index in [0.29, 0.717) is 19.3 Å². The topological polar surface area (TPSA) is 74.6 Å². The molecule has 0 amide bonds. The molecule has 1 aliphatic rings. The summed E-state index contributed by atoms with van der Waals surface area (Å²) in [5.41, 5.74) is -1.37. The van der Waals surface area contributed by atoms with Gasteiger partial charge in [0.25, 0.3) is 0 Å². The molecule has 88 valence electrons. The Morgan fingerprint density at radius 3 is 2.69 bits per heavy atom. The standard InChI is InChI=1S/C12H16O4/c1-2-3-7-12(11(15)16)8-5-4-6-9(12)10(13)14/h3,5,7-9H,2,4,6H2,1H3,(H,13,14)(H,15,16). The number of rotatable bonds is 4. The first kappa shape index (κ1) is 12.5. The summed E-state index contributed by atoms with van der Waals surface area (Å²) in [6, 6.07) is 0. The van der Waals surface area contributed by atoms with E-state index >= 15 is 0 Å². The van der Waals surface area contributed by atoms with Crippen LogP contribution in [0.4, 0.5) is 0 Å². The molecule has 0 bridgehead atoms. The van der Waals surface area contributed by atoms with Gasteiger partial charge in [-0.3, -0.25) is 9.59 Å². The van der Waals surface area contributed by atoms with Crippen molar-refractivity contribution in [3.8, 4) is 0 Å². The van der Waals surface area contributed by atoms with E-state index in [9.17, 15) is 14.7 Å². The van der Waals surface area contributed by atoms with Gasteiger partial charge in [0, 0.05) is 0 Å². The van der Waals surface area contributed by atoms with Crippen LogP contribution in [0.2, 0.25) is 0 Å². The van der Waals surface area contributed by atoms with E-state index in [0.717, 1.165) is 0 Å². The molecule has 0 fully saturated rings. The number of carboxylic acids is 2. The molecule has 0 radical (unpaired) electrons. The second-order valence-corrected chi connectivity index (χ2v) is 3.92. The highest BCUT2D eigenvalue weighted by atomic mass is 16.4. The Labute approximate surface area is 94.3 Å². The SMILES string of the molecule is CCC=CC1(C(=O)O)C=CCCC1C(=O)O. The van der Waals surface area contributed by atoms with Crippen LogP contribution in [-0.4, -0.2) is 22.2 Å². The van der Waals surface area contributed by atoms with Gasteiger partial charge in [0.15, 0.2) is 0 Å². The van der Waals surface area contributed by atoms with Gasteiger partial charge in [0.2, 0.25) is 0 Å². The fraction of sp³-hybridized carbons (Fsp3) is 0.500. The molecular formula is C12H16O4. The highest BCUT2D eigenvalue weighted by Gasteiger charge is 2.46. The van der Waals surface area contributed by atoms with E-state index < -0.39 is 23.3 Å². The molecule has 2 atom stereocenters. The summed E-state index contributed by atoms with van der Waals surface area (Å²) in [6.07, 6.45) is 8.13. The molecule has 0 aromatic rings. The molecule has 0 saturated carbocycles. The highest BCUT2D eigenvalue weighted by Crippen LogP contribution is 2.39. The number of hydrogen-bond donors (Lipinski definition) is 2. The Morgan fingerprint density at radius 1 is 1.50 bits per heavy atom. The van der Waals surface area contributed by atoms with Crippen molar-refractivity contribution in [2.45, 2.75) is 26.2 Å². The third-order valence-corrected chi connectivity index (χ3v) is 2.89. The first-order valence-electron chi connectivity index (χ1n) is 5.36. The predicted octanol–water partition coefficient (Wildman–Crippen LogP) is 2.07. The van der Waals surface area contributed by atoms with E-state index in [-0.39, 0.29) is 0 Å². The quantitative estimate of drug-likeness (QED) is 0.717. The minimum Gasteiger partial charge on any atom is -0.481 e. The van der Waals surface area contributed by atoms with Crippen LogP contribution in [0.25, 0.3) is 0 Å². The van der Waals surface area contributed by atoms with Crippen LogP contribution >= 0.6 is 0 Å². The average molecular weight is 224 g/mol. The molecule has 2 unspecified atom stereocenters. The van der Waals surface area contributed by atoms with Gasteiger partial charge in [-0.2, -0.15) is 0 Å². The summed E-state index contributed by atoms with van der Waals surface area (Å²) >= 11 is 0. The fourth-order valence-electron chi connectivity index (χ4n) is 2.00. The number of carbonyl (C=O) groups is 2. The zero-order valence-corrected chi connectivity index (χ0v) is 9.22. The van der Waals surface area contributed by atoms with Crippen molar-refractivity contribution in [2.75, 3.05) is 0 Å². The minimum atomic E-state index is -1.37. The number of carboxylic acid groups (broad SMARTS) is 2. The van der Waals surface area contributed by atoms with Crippen molar-refractivity contribution in [2.24, 2.45) is 11.3 Å². The average Bonchev–Trinajstić information content (AvgIpc) is 2.26. The third-order valence-electron chi connectivity index (χ3n) is 2.89. The molecule has 0 aliphatic heterocycles. The van der Waals surface area contributed by atoms with Crippen molar-refractivity contribution in [1.29, 1.82) is 0 Å². The molecule has 16 heavy (non-hydrogen) atoms. The van der Waals surface area contributed by atoms with Gasteiger partial charge in [-0.25, -0.2) is 0 Å². The Kier molecular flexibility index (Phi) is 3.88. The molecule has 2 N–H and O–H groups in total. The van der Waals surface area contributed by atoms with Crippen LogP contribution in [-0.2, 0) is 9.59 Å². The Balaban J connectivity index is 3.18. The highest BCUT2D eigenvalue weighted by molar-refractivity contribution is 5.87. The van der Waals surface area contributed by atoms with Crippen LogP contribution in [0.15, 0.2) is 24.3 Å². The Bertz CT molecular complexity index is 343. The normalized spacial score (nSPS) is 29.4. The molecule has 0 aromatic carbocycles. The van der Waals surface area contributed by atoms with E-state index in [1.54, 1.807) is 12.2 Å². The molecule has 0 saturated heterocycles. The smallest absolute Gasteiger partial charge is 0.318 e. The Hall–Kier alpha value is -1.58. The molecule has 1 rings (SSSR count). The van der Waals surface area contributed by atoms with Gasteiger partial charge >= 0.3 is 11.9 Å². The lowest BCUT2D eigenvalue weighted by atomic mass is 9.69. The van der Waals surface area contributed by atoms with Crippen molar-refractivity contribution in [3.63, 3.8) is 0 Å². The maximum absolute atomic E-state index is 11.3. The molecule has 4 heteroatoms. The maximum atomic E-state index is 11.3. The van der Waals surface area contributed by atoms with Crippen LogP contribution in [0.5, 0.6) is 0 Å². The monoisotopic (exact) mass is 224 g/mol. The molecule has 4 nitrogen and oxygen atoms in total. The summed E-state index contributed by atoms with van der Waals surface area (Å²) in [5, 5.41) is 18.4. The number of allylic oxidation sites excluding steroid dienone is 2. The molecule has 1 aliphatic carbocycles. The first-order chi connectivity index (χ1) is 7.54. The van der Waals surface area contributed by atoms with Crippen molar-refractivity contribution < 1.29 is 19.8 Å². The van der Waals surface area contributed by atoms with Gasteiger partial charge in [-0.15, -0.1) is 0 Å². The van der Waals surface area contributed by atoms with E-state index in [4.69, 9.17) is 5.11 Å². The zero-order valence-electron chi connectivity index (χ0n) is 9.22. The molecule has 0 heterocycles. The summed E-state index contributed by atoms with van der Waals surface area (Å²) in [7, 11) is 0. The molecular weight excluding hydrogens is 208 g/mol. The summed E-state index contributed by atoms with van der Waals surface area (Å²) in [5.74, 6) is -3.02. The fourth-order valence-corrected chi connectivity index (χ4v) is 2.00. The van der Waals surface area contributed by atoms with E-state index in [2.05, 4.69) is 0 Å². The van der Waals surface area contributed by atoms with Crippen molar-refractivity contribution >= 4 is 11.9 Å². The summed E-state index contributed by atoms with van der Waals surface area (Å²) < 4.78 is 0. The lowest BCUT2D eigenvalue weighted by Crippen LogP contribution is -2.41. The van der Waals surface area contributed by atoms with Gasteiger partial charge < -0.3 is 10.2 Å². The maximum Gasteiger partial charge on any atom is 0.318 e. The number of hydrogen-bond acceptors (Lipinski definition) is 2. The second-order valence-electron chi connectivity index (χ2n) is 3.92. The van der Waals surface area contributed by atoms with Crippen molar-refractivity contribution in [1.82, 2.24) is 0 Å². The first-order valence-corrected chi connectivity index (χ1v) is 5.36. The van der Waals surface area contributed by atoms with Gasteiger partial charge in [-0.05, 0) is 19.3 Å². The summed E-state index contributed by atoms with van der Waals surface area (Å²) in [6.45, 7) is 1.88. The lowest BCUT2D eigenvalue weighted by molar-refractivity contribution is -0.156. The summed E-state index contributed by atoms with van der Waals surface area (Å²) in [4.78, 5) is 22.4. The molecule has 0 spiro atoms. The van der Waals surface area contributed by atoms with Gasteiger partial charge in [0.05, 0.1) is 5.92 Å². The Morgan fingerprint density at radius 2 is 2.19 bits per heavy atom. The van der Waals surface area contributed by atoms with Gasteiger partial charge in [-0.1, -0.05) is 31.2 Å². The van der Waals surface area contributed by atoms with Crippen LogP contribution in [0.1, 0.15) is 26.2 Å². The number of aliphatic carboxylic acids is 2. The second kappa shape index (κ2) is 4.96. The lowest BCUT2D eigenvalue weighted by Gasteiger charge is -2.32. The van der Waals surface area contributed by atoms with Crippen LogP contribution in [0.3, 0.4) is 0 Å². The van der Waals surface area contributed by atoms with E-state index in [1.807, 2.05) is 6.92 Å². The largest absolute Gasteiger partial charge is 0.481 e. The molecule has 0 aromatic heterocycles. The third kappa shape index (κ3) is 2.15. The van der Waals surface area contributed by atoms with Gasteiger partial charge in [0.1, 0.15) is 5.41 Å². The van der Waals surface area contributed by atoms with Crippen LogP contribution in [0, 0.1) is 11.3 Å². The van der Waals surface area contributed by atoms with Crippen molar-refractivity contribution in [3.05, 3.63) is 24.3 Å². The minimum absolute atomic E-state index is 0.367. The van der Waals surface area contributed by atoms with Crippen LogP contribution < -0.4 is 0 Å². The predicted molar refractivity (Wildman–Crippen MR) is 59.0 cm³/mol. The zero-order chi connectivity index (χ0) is 12.2. The van der Waals surface area contributed by atoms with E-state index in [1.165, 1.54) is 12.2 Å².